The van der Waals surface area contributed by atoms with Crippen LogP contribution in [0.25, 0.3) is 0 Å². The molecular formula is C9H17NO. The summed E-state index contributed by atoms with van der Waals surface area (Å²) in [5, 5.41) is 0. The summed E-state index contributed by atoms with van der Waals surface area (Å²) in [5.41, 5.74) is 0. The van der Waals surface area contributed by atoms with E-state index in [0.717, 1.165) is 19.3 Å². The van der Waals surface area contributed by atoms with E-state index in [4.69, 9.17) is 0 Å². The van der Waals surface area contributed by atoms with E-state index in [2.05, 4.69) is 25.8 Å². The maximum absolute atomic E-state index is 10.6. The molecule has 1 rings (SSSR count). The Hall–Kier alpha value is -0.370. The van der Waals surface area contributed by atoms with Gasteiger partial charge in [0.05, 0.1) is 0 Å². The van der Waals surface area contributed by atoms with Crippen molar-refractivity contribution in [1.82, 2.24) is 4.90 Å². The van der Waals surface area contributed by atoms with Crippen LogP contribution in [0.2, 0.25) is 0 Å². The average molecular weight is 155 g/mol. The van der Waals surface area contributed by atoms with Gasteiger partial charge in [-0.25, -0.2) is 0 Å². The van der Waals surface area contributed by atoms with Crippen molar-refractivity contribution >= 4 is 6.29 Å². The molecule has 0 aliphatic carbocycles. The monoisotopic (exact) mass is 155 g/mol. The summed E-state index contributed by atoms with van der Waals surface area (Å²) in [4.78, 5) is 12.9. The van der Waals surface area contributed by atoms with Gasteiger partial charge in [0.1, 0.15) is 6.29 Å². The third-order valence-electron chi connectivity index (χ3n) is 2.85. The van der Waals surface area contributed by atoms with Crippen LogP contribution < -0.4 is 0 Å². The van der Waals surface area contributed by atoms with Crippen molar-refractivity contribution in [3.05, 3.63) is 0 Å². The molecule has 0 aromatic carbocycles. The van der Waals surface area contributed by atoms with Crippen LogP contribution in [0.3, 0.4) is 0 Å². The zero-order chi connectivity index (χ0) is 8.43. The highest BCUT2D eigenvalue weighted by atomic mass is 16.1. The van der Waals surface area contributed by atoms with Crippen LogP contribution in [0.1, 0.15) is 20.3 Å². The standard InChI is InChI=1S/C9H17NO/c1-7-5-10(3)8(2)4-9(7)6-11/h6-9H,4-5H2,1-3H3/t7-,8-,9-/m0/s1. The number of hydrogen-bond donors (Lipinski definition) is 0. The van der Waals surface area contributed by atoms with Gasteiger partial charge in [0, 0.05) is 18.5 Å². The molecule has 0 bridgehead atoms. The first-order valence-corrected chi connectivity index (χ1v) is 4.30. The van der Waals surface area contributed by atoms with Gasteiger partial charge in [-0.3, -0.25) is 0 Å². The Balaban J connectivity index is 2.54. The summed E-state index contributed by atoms with van der Waals surface area (Å²) in [5.74, 6) is 0.829. The lowest BCUT2D eigenvalue weighted by molar-refractivity contribution is -0.114. The van der Waals surface area contributed by atoms with Crippen LogP contribution in [0.15, 0.2) is 0 Å². The number of rotatable bonds is 1. The average Bonchev–Trinajstić information content (AvgIpc) is 1.97. The second-order valence-electron chi connectivity index (χ2n) is 3.80. The van der Waals surface area contributed by atoms with Crippen molar-refractivity contribution in [2.75, 3.05) is 13.6 Å². The van der Waals surface area contributed by atoms with E-state index in [1.807, 2.05) is 0 Å². The number of carbonyl (C=O) groups is 1. The molecule has 2 heteroatoms. The van der Waals surface area contributed by atoms with Crippen LogP contribution in [0, 0.1) is 11.8 Å². The van der Waals surface area contributed by atoms with E-state index < -0.39 is 0 Å². The van der Waals surface area contributed by atoms with Crippen molar-refractivity contribution in [2.24, 2.45) is 11.8 Å². The van der Waals surface area contributed by atoms with Crippen molar-refractivity contribution in [3.8, 4) is 0 Å². The molecule has 0 radical (unpaired) electrons. The molecule has 0 spiro atoms. The van der Waals surface area contributed by atoms with Crippen LogP contribution in [-0.2, 0) is 4.79 Å². The lowest BCUT2D eigenvalue weighted by Gasteiger charge is -2.37. The molecule has 1 saturated heterocycles. The highest BCUT2D eigenvalue weighted by Gasteiger charge is 2.27. The highest BCUT2D eigenvalue weighted by Crippen LogP contribution is 2.24. The molecule has 0 unspecified atom stereocenters. The first-order valence-electron chi connectivity index (χ1n) is 4.30. The topological polar surface area (TPSA) is 20.3 Å². The molecule has 1 fully saturated rings. The van der Waals surface area contributed by atoms with E-state index in [1.165, 1.54) is 0 Å². The van der Waals surface area contributed by atoms with Crippen molar-refractivity contribution in [1.29, 1.82) is 0 Å². The second kappa shape index (κ2) is 3.35. The van der Waals surface area contributed by atoms with E-state index in [0.29, 0.717) is 17.9 Å². The number of likely N-dealkylation sites (tertiary alicyclic amines) is 1. The van der Waals surface area contributed by atoms with E-state index in [1.54, 1.807) is 0 Å². The van der Waals surface area contributed by atoms with Crippen molar-refractivity contribution in [2.45, 2.75) is 26.3 Å². The largest absolute Gasteiger partial charge is 0.303 e. The van der Waals surface area contributed by atoms with Crippen LogP contribution in [-0.4, -0.2) is 30.8 Å². The van der Waals surface area contributed by atoms with Gasteiger partial charge in [-0.1, -0.05) is 6.92 Å². The lowest BCUT2D eigenvalue weighted by Crippen LogP contribution is -2.43. The molecule has 1 heterocycles. The molecule has 2 nitrogen and oxygen atoms in total. The first kappa shape index (κ1) is 8.72. The predicted molar refractivity (Wildman–Crippen MR) is 45.4 cm³/mol. The summed E-state index contributed by atoms with van der Waals surface area (Å²) in [6, 6.07) is 0.571. The van der Waals surface area contributed by atoms with Crippen LogP contribution in [0.4, 0.5) is 0 Å². The van der Waals surface area contributed by atoms with Crippen molar-refractivity contribution in [3.63, 3.8) is 0 Å². The van der Waals surface area contributed by atoms with Crippen molar-refractivity contribution < 1.29 is 4.79 Å². The quantitative estimate of drug-likeness (QED) is 0.530. The second-order valence-corrected chi connectivity index (χ2v) is 3.80. The fraction of sp³-hybridized carbons (Fsp3) is 0.889. The van der Waals surface area contributed by atoms with Gasteiger partial charge in [0.25, 0.3) is 0 Å². The number of hydrogen-bond acceptors (Lipinski definition) is 2. The van der Waals surface area contributed by atoms with Gasteiger partial charge >= 0.3 is 0 Å². The Labute approximate surface area is 68.6 Å². The molecular weight excluding hydrogens is 138 g/mol. The smallest absolute Gasteiger partial charge is 0.123 e. The third-order valence-corrected chi connectivity index (χ3v) is 2.85. The normalized spacial score (nSPS) is 40.5. The van der Waals surface area contributed by atoms with Gasteiger partial charge in [0.2, 0.25) is 0 Å². The molecule has 0 saturated carbocycles. The number of piperidine rings is 1. The summed E-state index contributed by atoms with van der Waals surface area (Å²) in [6.07, 6.45) is 2.15. The zero-order valence-corrected chi connectivity index (χ0v) is 7.58. The van der Waals surface area contributed by atoms with Gasteiger partial charge in [-0.2, -0.15) is 0 Å². The predicted octanol–water partition coefficient (Wildman–Crippen LogP) is 1.16. The minimum atomic E-state index is 0.293. The third kappa shape index (κ3) is 1.80. The van der Waals surface area contributed by atoms with Gasteiger partial charge in [0.15, 0.2) is 0 Å². The molecule has 0 aromatic heterocycles. The number of aldehydes is 1. The van der Waals surface area contributed by atoms with Gasteiger partial charge in [-0.15, -0.1) is 0 Å². The van der Waals surface area contributed by atoms with Crippen LogP contribution in [0.5, 0.6) is 0 Å². The molecule has 0 amide bonds. The first-order chi connectivity index (χ1) is 5.15. The summed E-state index contributed by atoms with van der Waals surface area (Å²) in [7, 11) is 2.13. The minimum absolute atomic E-state index is 0.293. The van der Waals surface area contributed by atoms with Crippen LogP contribution >= 0.6 is 0 Å². The number of nitrogens with zero attached hydrogens (tertiary/aromatic N) is 1. The molecule has 11 heavy (non-hydrogen) atoms. The molecule has 1 aliphatic rings. The summed E-state index contributed by atoms with van der Waals surface area (Å²) < 4.78 is 0. The Bertz CT molecular complexity index is 146. The van der Waals surface area contributed by atoms with E-state index in [-0.39, 0.29) is 0 Å². The molecule has 1 aliphatic heterocycles. The Morgan fingerprint density at radius 3 is 2.64 bits per heavy atom. The zero-order valence-electron chi connectivity index (χ0n) is 7.58. The van der Waals surface area contributed by atoms with Gasteiger partial charge < -0.3 is 9.69 Å². The highest BCUT2D eigenvalue weighted by molar-refractivity contribution is 5.54. The summed E-state index contributed by atoms with van der Waals surface area (Å²) in [6.45, 7) is 5.40. The Morgan fingerprint density at radius 2 is 2.09 bits per heavy atom. The summed E-state index contributed by atoms with van der Waals surface area (Å²) >= 11 is 0. The lowest BCUT2D eigenvalue weighted by atomic mass is 9.85. The fourth-order valence-corrected chi connectivity index (χ4v) is 1.77. The Morgan fingerprint density at radius 1 is 1.45 bits per heavy atom. The minimum Gasteiger partial charge on any atom is -0.303 e. The SMILES string of the molecule is C[C@H]1CN(C)[C@@H](C)C[C@H]1C=O. The maximum Gasteiger partial charge on any atom is 0.123 e. The number of carbonyl (C=O) groups excluding carboxylic acids is 1. The maximum atomic E-state index is 10.6. The molecule has 0 N–H and O–H groups in total. The molecule has 64 valence electrons. The van der Waals surface area contributed by atoms with E-state index in [9.17, 15) is 4.79 Å². The fourth-order valence-electron chi connectivity index (χ4n) is 1.77. The molecule has 3 atom stereocenters. The Kier molecular flexibility index (Phi) is 2.66. The molecule has 0 aromatic rings. The van der Waals surface area contributed by atoms with E-state index >= 15 is 0 Å². The van der Waals surface area contributed by atoms with Gasteiger partial charge in [-0.05, 0) is 26.3 Å².